The van der Waals surface area contributed by atoms with Crippen LogP contribution in [0.3, 0.4) is 0 Å². The lowest BCUT2D eigenvalue weighted by atomic mass is 10.1. The normalized spacial score (nSPS) is 15.6. The average molecular weight is 238 g/mol. The summed E-state index contributed by atoms with van der Waals surface area (Å²) in [6, 6.07) is 10.0. The van der Waals surface area contributed by atoms with Crippen molar-refractivity contribution in [2.45, 2.75) is 0 Å². The van der Waals surface area contributed by atoms with Crippen molar-refractivity contribution in [1.82, 2.24) is 10.3 Å². The van der Waals surface area contributed by atoms with E-state index in [1.165, 1.54) is 0 Å². The summed E-state index contributed by atoms with van der Waals surface area (Å²) in [6.45, 7) is 3.80. The Bertz CT molecular complexity index is 603. The number of hydrogen-bond acceptors (Lipinski definition) is 4. The third kappa shape index (κ3) is 1.79. The molecule has 1 N–H and O–H groups in total. The number of fused-ring (bicyclic) bond motifs is 1. The smallest absolute Gasteiger partial charge is 0.137 e. The summed E-state index contributed by atoms with van der Waals surface area (Å²) in [5.41, 5.74) is 0.703. The highest BCUT2D eigenvalue weighted by atomic mass is 15.2. The lowest BCUT2D eigenvalue weighted by Crippen LogP contribution is -2.44. The van der Waals surface area contributed by atoms with Crippen LogP contribution in [0, 0.1) is 11.3 Å². The first-order valence-electron chi connectivity index (χ1n) is 6.13. The molecule has 1 saturated heterocycles. The predicted molar refractivity (Wildman–Crippen MR) is 71.5 cm³/mol. The number of aromatic nitrogens is 1. The molecule has 0 atom stereocenters. The molecule has 3 rings (SSSR count). The molecule has 0 amide bonds. The van der Waals surface area contributed by atoms with Crippen LogP contribution in [0.2, 0.25) is 0 Å². The molecule has 4 nitrogen and oxygen atoms in total. The lowest BCUT2D eigenvalue weighted by molar-refractivity contribution is 0.586. The Balaban J connectivity index is 2.19. The molecule has 2 aromatic rings. The highest BCUT2D eigenvalue weighted by Crippen LogP contribution is 2.27. The molecule has 0 radical (unpaired) electrons. The fourth-order valence-corrected chi connectivity index (χ4v) is 2.42. The summed E-state index contributed by atoms with van der Waals surface area (Å²) >= 11 is 0. The second-order valence-electron chi connectivity index (χ2n) is 4.39. The van der Waals surface area contributed by atoms with E-state index in [0.717, 1.165) is 42.8 Å². The molecular formula is C14H14N4. The number of hydrogen-bond donors (Lipinski definition) is 1. The van der Waals surface area contributed by atoms with Crippen molar-refractivity contribution in [2.24, 2.45) is 0 Å². The van der Waals surface area contributed by atoms with E-state index < -0.39 is 0 Å². The Hall–Kier alpha value is -2.12. The highest BCUT2D eigenvalue weighted by Gasteiger charge is 2.16. The molecule has 1 aromatic carbocycles. The van der Waals surface area contributed by atoms with Crippen LogP contribution in [0.1, 0.15) is 5.56 Å². The number of rotatable bonds is 1. The van der Waals surface area contributed by atoms with E-state index in [1.807, 2.05) is 30.5 Å². The first kappa shape index (κ1) is 11.0. The molecule has 1 aromatic heterocycles. The molecule has 0 spiro atoms. The van der Waals surface area contributed by atoms with Gasteiger partial charge < -0.3 is 10.2 Å². The van der Waals surface area contributed by atoms with Crippen LogP contribution in [0.25, 0.3) is 10.8 Å². The highest BCUT2D eigenvalue weighted by molar-refractivity contribution is 5.96. The van der Waals surface area contributed by atoms with Crippen LogP contribution in [-0.4, -0.2) is 31.2 Å². The maximum atomic E-state index is 9.25. The minimum Gasteiger partial charge on any atom is -0.354 e. The molecule has 0 aliphatic carbocycles. The molecule has 0 unspecified atom stereocenters. The number of piperazine rings is 1. The summed E-state index contributed by atoms with van der Waals surface area (Å²) < 4.78 is 0. The van der Waals surface area contributed by atoms with Gasteiger partial charge in [-0.25, -0.2) is 4.98 Å². The Morgan fingerprint density at radius 1 is 1.22 bits per heavy atom. The fourth-order valence-electron chi connectivity index (χ4n) is 2.42. The summed E-state index contributed by atoms with van der Waals surface area (Å²) in [5, 5.41) is 14.6. The van der Waals surface area contributed by atoms with Gasteiger partial charge in [-0.15, -0.1) is 0 Å². The zero-order valence-electron chi connectivity index (χ0n) is 10.1. The third-order valence-electron chi connectivity index (χ3n) is 3.31. The second-order valence-corrected chi connectivity index (χ2v) is 4.39. The van der Waals surface area contributed by atoms with Crippen molar-refractivity contribution in [3.05, 3.63) is 36.0 Å². The summed E-state index contributed by atoms with van der Waals surface area (Å²) in [6.07, 6.45) is 1.82. The zero-order valence-corrected chi connectivity index (χ0v) is 10.1. The maximum Gasteiger partial charge on any atom is 0.137 e. The van der Waals surface area contributed by atoms with Gasteiger partial charge in [0.2, 0.25) is 0 Å². The van der Waals surface area contributed by atoms with Gasteiger partial charge in [-0.1, -0.05) is 12.1 Å². The van der Waals surface area contributed by atoms with Crippen molar-refractivity contribution in [3.63, 3.8) is 0 Å². The molecule has 1 fully saturated rings. The number of pyridine rings is 1. The van der Waals surface area contributed by atoms with Crippen molar-refractivity contribution in [2.75, 3.05) is 31.1 Å². The second kappa shape index (κ2) is 4.63. The van der Waals surface area contributed by atoms with E-state index in [2.05, 4.69) is 21.3 Å². The molecule has 90 valence electrons. The van der Waals surface area contributed by atoms with Gasteiger partial charge in [0.15, 0.2) is 0 Å². The van der Waals surface area contributed by atoms with Crippen molar-refractivity contribution < 1.29 is 0 Å². The fraction of sp³-hybridized carbons (Fsp3) is 0.286. The van der Waals surface area contributed by atoms with Gasteiger partial charge >= 0.3 is 0 Å². The summed E-state index contributed by atoms with van der Waals surface area (Å²) in [7, 11) is 0. The molecule has 2 heterocycles. The lowest BCUT2D eigenvalue weighted by Gasteiger charge is -2.29. The van der Waals surface area contributed by atoms with Crippen LogP contribution in [0.4, 0.5) is 5.82 Å². The van der Waals surface area contributed by atoms with Gasteiger partial charge in [0.05, 0.1) is 11.6 Å². The molecule has 1 aliphatic heterocycles. The van der Waals surface area contributed by atoms with Crippen LogP contribution in [0.5, 0.6) is 0 Å². The Labute approximate surface area is 106 Å². The minimum absolute atomic E-state index is 0.703. The zero-order chi connectivity index (χ0) is 12.4. The average Bonchev–Trinajstić information content (AvgIpc) is 2.47. The van der Waals surface area contributed by atoms with Gasteiger partial charge in [-0.05, 0) is 17.5 Å². The molecule has 0 saturated carbocycles. The van der Waals surface area contributed by atoms with Crippen LogP contribution >= 0.6 is 0 Å². The van der Waals surface area contributed by atoms with E-state index in [-0.39, 0.29) is 0 Å². The van der Waals surface area contributed by atoms with E-state index in [1.54, 1.807) is 0 Å². The largest absolute Gasteiger partial charge is 0.354 e. The molecular weight excluding hydrogens is 224 g/mol. The monoisotopic (exact) mass is 238 g/mol. The third-order valence-corrected chi connectivity index (χ3v) is 3.31. The Morgan fingerprint density at radius 3 is 2.83 bits per heavy atom. The van der Waals surface area contributed by atoms with Gasteiger partial charge in [-0.2, -0.15) is 5.26 Å². The van der Waals surface area contributed by atoms with E-state index in [4.69, 9.17) is 0 Å². The number of benzene rings is 1. The first-order valence-corrected chi connectivity index (χ1v) is 6.13. The van der Waals surface area contributed by atoms with Crippen LogP contribution in [0.15, 0.2) is 30.5 Å². The summed E-state index contributed by atoms with van der Waals surface area (Å²) in [4.78, 5) is 6.74. The maximum absolute atomic E-state index is 9.25. The SMILES string of the molecule is N#Cc1cccc2ccnc(N3CCNCC3)c12. The van der Waals surface area contributed by atoms with Gasteiger partial charge in [0.1, 0.15) is 5.82 Å². The van der Waals surface area contributed by atoms with E-state index in [0.29, 0.717) is 5.56 Å². The predicted octanol–water partition coefficient (Wildman–Crippen LogP) is 1.52. The topological polar surface area (TPSA) is 52.0 Å². The Morgan fingerprint density at radius 2 is 2.06 bits per heavy atom. The molecule has 0 bridgehead atoms. The van der Waals surface area contributed by atoms with Crippen molar-refractivity contribution in [3.8, 4) is 6.07 Å². The number of nitrogens with zero attached hydrogens (tertiary/aromatic N) is 3. The quantitative estimate of drug-likeness (QED) is 0.818. The van der Waals surface area contributed by atoms with Crippen LogP contribution < -0.4 is 10.2 Å². The molecule has 4 heteroatoms. The van der Waals surface area contributed by atoms with Crippen molar-refractivity contribution >= 4 is 16.6 Å². The Kier molecular flexibility index (Phi) is 2.83. The minimum atomic E-state index is 0.703. The van der Waals surface area contributed by atoms with Gasteiger partial charge in [-0.3, -0.25) is 0 Å². The van der Waals surface area contributed by atoms with Crippen molar-refractivity contribution in [1.29, 1.82) is 5.26 Å². The van der Waals surface area contributed by atoms with E-state index >= 15 is 0 Å². The number of nitriles is 1. The molecule has 18 heavy (non-hydrogen) atoms. The standard InChI is InChI=1S/C14H14N4/c15-10-12-3-1-2-11-4-5-17-14(13(11)12)18-8-6-16-7-9-18/h1-5,16H,6-9H2. The molecule has 1 aliphatic rings. The number of nitrogens with one attached hydrogen (secondary N) is 1. The van der Waals surface area contributed by atoms with E-state index in [9.17, 15) is 5.26 Å². The number of anilines is 1. The van der Waals surface area contributed by atoms with Gasteiger partial charge in [0.25, 0.3) is 0 Å². The van der Waals surface area contributed by atoms with Gasteiger partial charge in [0, 0.05) is 37.8 Å². The first-order chi connectivity index (χ1) is 8.90. The van der Waals surface area contributed by atoms with Crippen LogP contribution in [-0.2, 0) is 0 Å². The summed E-state index contributed by atoms with van der Waals surface area (Å²) in [5.74, 6) is 0.936.